The van der Waals surface area contributed by atoms with Crippen molar-refractivity contribution in [2.24, 2.45) is 0 Å². The molecule has 3 heterocycles. The molecule has 0 spiro atoms. The van der Waals surface area contributed by atoms with E-state index >= 15 is 0 Å². The molecule has 1 atom stereocenters. The highest BCUT2D eigenvalue weighted by atomic mass is 16.4. The number of carboxylic acids is 1. The first-order valence-corrected chi connectivity index (χ1v) is 11.2. The van der Waals surface area contributed by atoms with Gasteiger partial charge in [-0.2, -0.15) is 5.10 Å². The van der Waals surface area contributed by atoms with E-state index in [0.29, 0.717) is 31.6 Å². The first-order chi connectivity index (χ1) is 15.9. The van der Waals surface area contributed by atoms with E-state index < -0.39 is 5.97 Å². The van der Waals surface area contributed by atoms with Gasteiger partial charge in [0.15, 0.2) is 5.65 Å². The van der Waals surface area contributed by atoms with Crippen molar-refractivity contribution in [3.05, 3.63) is 64.1 Å². The number of carboxylic acid groups (broad SMARTS) is 1. The minimum atomic E-state index is -0.952. The lowest BCUT2D eigenvalue weighted by atomic mass is 9.98. The van der Waals surface area contributed by atoms with Crippen LogP contribution in [-0.4, -0.2) is 55.5 Å². The number of nitrogens with one attached hydrogen (secondary N) is 1. The minimum Gasteiger partial charge on any atom is -0.478 e. The van der Waals surface area contributed by atoms with Gasteiger partial charge in [0.25, 0.3) is 11.8 Å². The molecule has 3 aromatic rings. The van der Waals surface area contributed by atoms with Crippen LogP contribution in [0.3, 0.4) is 0 Å². The first-order valence-electron chi connectivity index (χ1n) is 11.2. The third kappa shape index (κ3) is 3.73. The molecule has 0 saturated carbocycles. The van der Waals surface area contributed by atoms with E-state index in [4.69, 9.17) is 0 Å². The highest BCUT2D eigenvalue weighted by Crippen LogP contribution is 2.35. The van der Waals surface area contributed by atoms with Crippen LogP contribution in [-0.2, 0) is 6.42 Å². The van der Waals surface area contributed by atoms with Crippen LogP contribution < -0.4 is 5.32 Å². The van der Waals surface area contributed by atoms with Crippen LogP contribution >= 0.6 is 0 Å². The van der Waals surface area contributed by atoms with Crippen LogP contribution in [0, 0.1) is 6.92 Å². The van der Waals surface area contributed by atoms with E-state index in [9.17, 15) is 19.5 Å². The Morgan fingerprint density at radius 3 is 2.67 bits per heavy atom. The zero-order valence-electron chi connectivity index (χ0n) is 18.4. The lowest BCUT2D eigenvalue weighted by Crippen LogP contribution is -2.36. The molecule has 2 aliphatic rings. The van der Waals surface area contributed by atoms with Gasteiger partial charge in [-0.15, -0.1) is 0 Å². The molecule has 1 aliphatic heterocycles. The summed E-state index contributed by atoms with van der Waals surface area (Å²) in [6.07, 6.45) is 5.98. The summed E-state index contributed by atoms with van der Waals surface area (Å²) in [7, 11) is 0. The van der Waals surface area contributed by atoms with Crippen molar-refractivity contribution in [2.75, 3.05) is 13.1 Å². The molecule has 9 nitrogen and oxygen atoms in total. The standard InChI is InChI=1S/C24H25N5O4/c1-14-15-7-8-18(17(15)6-5-16(14)24(32)33)27-22(30)20-13-19(26-21-9-10-25-29(20)21)23(31)28-11-3-2-4-12-28/h5-6,9-10,13,18H,2-4,7-8,11-12H2,1H3,(H,27,30)(H,32,33)/t18-/m0/s1. The normalized spacial score (nSPS) is 17.7. The zero-order valence-corrected chi connectivity index (χ0v) is 18.4. The number of amides is 2. The van der Waals surface area contributed by atoms with E-state index in [1.165, 1.54) is 10.6 Å². The Hall–Kier alpha value is -3.75. The smallest absolute Gasteiger partial charge is 0.335 e. The summed E-state index contributed by atoms with van der Waals surface area (Å²) in [5.74, 6) is -1.47. The van der Waals surface area contributed by atoms with E-state index in [1.807, 2.05) is 0 Å². The largest absolute Gasteiger partial charge is 0.478 e. The van der Waals surface area contributed by atoms with Gasteiger partial charge >= 0.3 is 5.97 Å². The molecule has 0 unspecified atom stereocenters. The molecule has 0 bridgehead atoms. The van der Waals surface area contributed by atoms with Crippen LogP contribution in [0.15, 0.2) is 30.5 Å². The minimum absolute atomic E-state index is 0.171. The molecule has 1 aliphatic carbocycles. The number of benzene rings is 1. The van der Waals surface area contributed by atoms with Gasteiger partial charge in [-0.05, 0) is 61.8 Å². The van der Waals surface area contributed by atoms with Crippen LogP contribution in [0.2, 0.25) is 0 Å². The lowest BCUT2D eigenvalue weighted by Gasteiger charge is -2.26. The second kappa shape index (κ2) is 8.31. The lowest BCUT2D eigenvalue weighted by molar-refractivity contribution is 0.0692. The monoisotopic (exact) mass is 447 g/mol. The number of hydrogen-bond acceptors (Lipinski definition) is 5. The highest BCUT2D eigenvalue weighted by Gasteiger charge is 2.29. The molecular weight excluding hydrogens is 422 g/mol. The first kappa shape index (κ1) is 21.1. The molecule has 1 aromatic carbocycles. The predicted octanol–water partition coefficient (Wildman–Crippen LogP) is 2.78. The van der Waals surface area contributed by atoms with Crippen LogP contribution in [0.1, 0.15) is 79.8 Å². The van der Waals surface area contributed by atoms with Crippen molar-refractivity contribution in [1.82, 2.24) is 24.8 Å². The molecule has 9 heteroatoms. The number of aromatic nitrogens is 3. The highest BCUT2D eigenvalue weighted by molar-refractivity contribution is 5.98. The number of nitrogens with zero attached hydrogens (tertiary/aromatic N) is 4. The van der Waals surface area contributed by atoms with Gasteiger partial charge in [-0.1, -0.05) is 6.07 Å². The summed E-state index contributed by atoms with van der Waals surface area (Å²) >= 11 is 0. The third-order valence-corrected chi connectivity index (χ3v) is 6.68. The number of aromatic carboxylic acids is 1. The number of carbonyl (C=O) groups is 3. The van der Waals surface area contributed by atoms with E-state index in [2.05, 4.69) is 15.4 Å². The predicted molar refractivity (Wildman–Crippen MR) is 119 cm³/mol. The van der Waals surface area contributed by atoms with Crippen molar-refractivity contribution in [2.45, 2.75) is 45.1 Å². The van der Waals surface area contributed by atoms with Crippen molar-refractivity contribution >= 4 is 23.4 Å². The zero-order chi connectivity index (χ0) is 23.1. The number of fused-ring (bicyclic) bond motifs is 2. The molecule has 0 radical (unpaired) electrons. The molecule has 1 fully saturated rings. The van der Waals surface area contributed by atoms with Crippen molar-refractivity contribution < 1.29 is 19.5 Å². The number of hydrogen-bond donors (Lipinski definition) is 2. The summed E-state index contributed by atoms with van der Waals surface area (Å²) in [5.41, 5.74) is 3.86. The summed E-state index contributed by atoms with van der Waals surface area (Å²) in [6.45, 7) is 3.20. The topological polar surface area (TPSA) is 117 Å². The van der Waals surface area contributed by atoms with Crippen molar-refractivity contribution in [1.29, 1.82) is 0 Å². The molecule has 2 amide bonds. The average Bonchev–Trinajstić information content (AvgIpc) is 3.46. The molecule has 2 N–H and O–H groups in total. The Labute approximate surface area is 190 Å². The van der Waals surface area contributed by atoms with Gasteiger partial charge in [0.05, 0.1) is 17.8 Å². The second-order valence-electron chi connectivity index (χ2n) is 8.66. The molecule has 2 aromatic heterocycles. The molecule has 170 valence electrons. The summed E-state index contributed by atoms with van der Waals surface area (Å²) in [4.78, 5) is 44.0. The summed E-state index contributed by atoms with van der Waals surface area (Å²) in [5, 5.41) is 16.7. The van der Waals surface area contributed by atoms with Crippen LogP contribution in [0.25, 0.3) is 5.65 Å². The Bertz CT molecular complexity index is 1280. The van der Waals surface area contributed by atoms with Crippen LogP contribution in [0.5, 0.6) is 0 Å². The fraction of sp³-hybridized carbons (Fsp3) is 0.375. The van der Waals surface area contributed by atoms with Crippen LogP contribution in [0.4, 0.5) is 0 Å². The number of rotatable bonds is 4. The number of carbonyl (C=O) groups excluding carboxylic acids is 2. The fourth-order valence-corrected chi connectivity index (χ4v) is 4.94. The second-order valence-corrected chi connectivity index (χ2v) is 8.66. The van der Waals surface area contributed by atoms with Gasteiger partial charge in [0, 0.05) is 25.2 Å². The Morgan fingerprint density at radius 1 is 1.12 bits per heavy atom. The average molecular weight is 447 g/mol. The quantitative estimate of drug-likeness (QED) is 0.635. The van der Waals surface area contributed by atoms with Crippen molar-refractivity contribution in [3.63, 3.8) is 0 Å². The maximum absolute atomic E-state index is 13.3. The van der Waals surface area contributed by atoms with E-state index in [1.54, 1.807) is 36.2 Å². The number of piperidine rings is 1. The Morgan fingerprint density at radius 2 is 1.91 bits per heavy atom. The van der Waals surface area contributed by atoms with Crippen molar-refractivity contribution in [3.8, 4) is 0 Å². The Kier molecular flexibility index (Phi) is 5.32. The van der Waals surface area contributed by atoms with Gasteiger partial charge in [-0.3, -0.25) is 9.59 Å². The molecule has 1 saturated heterocycles. The Balaban J connectivity index is 1.44. The van der Waals surface area contributed by atoms with E-state index in [0.717, 1.165) is 36.0 Å². The van der Waals surface area contributed by atoms with Gasteiger partial charge in [-0.25, -0.2) is 14.3 Å². The molecular formula is C24H25N5O4. The molecule has 33 heavy (non-hydrogen) atoms. The summed E-state index contributed by atoms with van der Waals surface area (Å²) in [6, 6.07) is 6.32. The SMILES string of the molecule is Cc1c(C(=O)O)ccc2c1CC[C@@H]2NC(=O)c1cc(C(=O)N2CCCCC2)nc2ccnn12. The van der Waals surface area contributed by atoms with E-state index in [-0.39, 0.29) is 34.8 Å². The maximum atomic E-state index is 13.3. The van der Waals surface area contributed by atoms with Gasteiger partial charge in [0.2, 0.25) is 0 Å². The molecule has 5 rings (SSSR count). The maximum Gasteiger partial charge on any atom is 0.335 e. The van der Waals surface area contributed by atoms with Gasteiger partial charge in [0.1, 0.15) is 11.4 Å². The fourth-order valence-electron chi connectivity index (χ4n) is 4.94. The summed E-state index contributed by atoms with van der Waals surface area (Å²) < 4.78 is 1.44. The van der Waals surface area contributed by atoms with Gasteiger partial charge < -0.3 is 15.3 Å². The third-order valence-electron chi connectivity index (χ3n) is 6.68. The number of likely N-dealkylation sites (tertiary alicyclic amines) is 1.